The van der Waals surface area contributed by atoms with Gasteiger partial charge in [0.2, 0.25) is 0 Å². The van der Waals surface area contributed by atoms with E-state index in [1.165, 1.54) is 122 Å². The molecule has 0 aliphatic rings. The van der Waals surface area contributed by atoms with Crippen molar-refractivity contribution in [3.05, 3.63) is 85.1 Å². The Hall–Kier alpha value is -3.41. The van der Waals surface area contributed by atoms with Crippen LogP contribution in [-0.4, -0.2) is 37.2 Å². The van der Waals surface area contributed by atoms with Crippen molar-refractivity contribution in [1.82, 2.24) is 0 Å². The molecule has 0 aromatic rings. The van der Waals surface area contributed by atoms with E-state index in [0.717, 1.165) is 109 Å². The summed E-state index contributed by atoms with van der Waals surface area (Å²) < 4.78 is 16.8. The standard InChI is InChI=1S/C62H106O6/c1-4-7-10-13-16-19-21-22-23-24-25-26-27-28-29-30-31-32-33-34-35-36-37-38-39-40-42-43-46-49-52-55-61(64)67-58-59(57-66-60(63)54-51-48-45-18-15-12-9-6-3)68-62(65)56-53-50-47-44-41-20-17-14-11-8-5-2/h7,10,16,19,22-23,25-26,28-29,31-32,34-35,59H,4-6,8-9,11-15,17-18,20-21,24,27,30,33,36-58H2,1-3H3/b10-7-,19-16-,23-22-,26-25-,29-28-,32-31-,35-34-. The molecule has 0 aromatic carbocycles. The number of rotatable bonds is 51. The average Bonchev–Trinajstić information content (AvgIpc) is 3.34. The first kappa shape index (κ1) is 64.6. The van der Waals surface area contributed by atoms with E-state index in [1.54, 1.807) is 0 Å². The molecule has 1 atom stereocenters. The van der Waals surface area contributed by atoms with Crippen LogP contribution in [0.4, 0.5) is 0 Å². The van der Waals surface area contributed by atoms with Gasteiger partial charge in [0.05, 0.1) is 0 Å². The number of carbonyl (C=O) groups is 3. The van der Waals surface area contributed by atoms with Gasteiger partial charge >= 0.3 is 17.9 Å². The third kappa shape index (κ3) is 53.5. The van der Waals surface area contributed by atoms with Crippen molar-refractivity contribution >= 4 is 17.9 Å². The molecule has 0 N–H and O–H groups in total. The molecule has 0 spiro atoms. The van der Waals surface area contributed by atoms with Crippen molar-refractivity contribution in [3.63, 3.8) is 0 Å². The maximum Gasteiger partial charge on any atom is 0.306 e. The van der Waals surface area contributed by atoms with Gasteiger partial charge in [-0.1, -0.05) is 260 Å². The van der Waals surface area contributed by atoms with Gasteiger partial charge in [0, 0.05) is 19.3 Å². The second-order valence-electron chi connectivity index (χ2n) is 18.8. The minimum Gasteiger partial charge on any atom is -0.462 e. The molecule has 0 saturated heterocycles. The Morgan fingerprint density at radius 1 is 0.309 bits per heavy atom. The smallest absolute Gasteiger partial charge is 0.306 e. The van der Waals surface area contributed by atoms with Gasteiger partial charge in [-0.2, -0.15) is 0 Å². The Morgan fingerprint density at radius 3 is 0.897 bits per heavy atom. The zero-order valence-electron chi connectivity index (χ0n) is 44.6. The Morgan fingerprint density at radius 2 is 0.574 bits per heavy atom. The van der Waals surface area contributed by atoms with Gasteiger partial charge in [-0.25, -0.2) is 0 Å². The Balaban J connectivity index is 4.11. The van der Waals surface area contributed by atoms with Gasteiger partial charge in [0.1, 0.15) is 13.2 Å². The molecule has 68 heavy (non-hydrogen) atoms. The summed E-state index contributed by atoms with van der Waals surface area (Å²) >= 11 is 0. The predicted molar refractivity (Wildman–Crippen MR) is 293 cm³/mol. The van der Waals surface area contributed by atoms with Crippen molar-refractivity contribution in [2.75, 3.05) is 13.2 Å². The summed E-state index contributed by atoms with van der Waals surface area (Å²) in [4.78, 5) is 37.9. The van der Waals surface area contributed by atoms with E-state index in [9.17, 15) is 14.4 Å². The third-order valence-electron chi connectivity index (χ3n) is 12.2. The summed E-state index contributed by atoms with van der Waals surface area (Å²) in [6.07, 6.45) is 73.1. The molecule has 1 unspecified atom stereocenters. The summed E-state index contributed by atoms with van der Waals surface area (Å²) in [5.74, 6) is -0.882. The maximum atomic E-state index is 12.7. The van der Waals surface area contributed by atoms with Gasteiger partial charge in [-0.05, 0) is 77.0 Å². The summed E-state index contributed by atoms with van der Waals surface area (Å²) in [5.41, 5.74) is 0. The van der Waals surface area contributed by atoms with Gasteiger partial charge < -0.3 is 14.2 Å². The van der Waals surface area contributed by atoms with Crippen molar-refractivity contribution in [1.29, 1.82) is 0 Å². The normalized spacial score (nSPS) is 12.7. The lowest BCUT2D eigenvalue weighted by Crippen LogP contribution is -2.30. The summed E-state index contributed by atoms with van der Waals surface area (Å²) in [6.45, 7) is 6.49. The molecule has 6 nitrogen and oxygen atoms in total. The lowest BCUT2D eigenvalue weighted by Gasteiger charge is -2.18. The SMILES string of the molecule is CC/C=C\C/C=C\C/C=C\C/C=C\C/C=C\C/C=C\C/C=C\CCCCCCCCCCCC(=O)OCC(COC(=O)CCCCCCCCCC)OC(=O)CCCCCCCCCCCCC. The molecule has 6 heteroatoms. The number of hydrogen-bond acceptors (Lipinski definition) is 6. The predicted octanol–water partition coefficient (Wildman–Crippen LogP) is 19.2. The fraction of sp³-hybridized carbons (Fsp3) is 0.726. The van der Waals surface area contributed by atoms with Crippen LogP contribution in [0.5, 0.6) is 0 Å². The first-order valence-corrected chi connectivity index (χ1v) is 28.6. The second-order valence-corrected chi connectivity index (χ2v) is 18.8. The minimum atomic E-state index is -0.772. The molecule has 0 radical (unpaired) electrons. The van der Waals surface area contributed by atoms with E-state index in [2.05, 4.69) is 106 Å². The molecule has 0 aromatic heterocycles. The van der Waals surface area contributed by atoms with Gasteiger partial charge in [0.25, 0.3) is 0 Å². The van der Waals surface area contributed by atoms with Crippen LogP contribution in [0.15, 0.2) is 85.1 Å². The zero-order valence-corrected chi connectivity index (χ0v) is 44.6. The van der Waals surface area contributed by atoms with Crippen molar-refractivity contribution in [2.45, 2.75) is 277 Å². The third-order valence-corrected chi connectivity index (χ3v) is 12.2. The van der Waals surface area contributed by atoms with Crippen molar-refractivity contribution in [2.24, 2.45) is 0 Å². The maximum absolute atomic E-state index is 12.7. The Labute approximate surface area is 420 Å². The van der Waals surface area contributed by atoms with Crippen LogP contribution in [0.3, 0.4) is 0 Å². The molecular weight excluding hydrogens is 841 g/mol. The summed E-state index contributed by atoms with van der Waals surface area (Å²) in [5, 5.41) is 0. The molecule has 0 rings (SSSR count). The van der Waals surface area contributed by atoms with Crippen LogP contribution in [0, 0.1) is 0 Å². The Bertz CT molecular complexity index is 1320. The van der Waals surface area contributed by atoms with Crippen LogP contribution in [-0.2, 0) is 28.6 Å². The topological polar surface area (TPSA) is 78.9 Å². The first-order valence-electron chi connectivity index (χ1n) is 28.6. The molecule has 0 fully saturated rings. The molecule has 0 saturated carbocycles. The Kier molecular flexibility index (Phi) is 53.4. The number of ether oxygens (including phenoxy) is 3. The van der Waals surface area contributed by atoms with E-state index in [-0.39, 0.29) is 31.1 Å². The quantitative estimate of drug-likeness (QED) is 0.0262. The molecule has 0 bridgehead atoms. The second kappa shape index (κ2) is 56.2. The van der Waals surface area contributed by atoms with Crippen molar-refractivity contribution in [3.8, 4) is 0 Å². The molecule has 390 valence electrons. The molecule has 0 aliphatic carbocycles. The van der Waals surface area contributed by atoms with Crippen LogP contribution in [0.25, 0.3) is 0 Å². The van der Waals surface area contributed by atoms with Gasteiger partial charge in [-0.3, -0.25) is 14.4 Å². The monoisotopic (exact) mass is 947 g/mol. The number of hydrogen-bond donors (Lipinski definition) is 0. The number of carbonyl (C=O) groups excluding carboxylic acids is 3. The summed E-state index contributed by atoms with van der Waals surface area (Å²) in [6, 6.07) is 0. The van der Waals surface area contributed by atoms with Crippen LogP contribution in [0.1, 0.15) is 271 Å². The van der Waals surface area contributed by atoms with Crippen LogP contribution < -0.4 is 0 Å². The van der Waals surface area contributed by atoms with Crippen molar-refractivity contribution < 1.29 is 28.6 Å². The highest BCUT2D eigenvalue weighted by molar-refractivity contribution is 5.71. The zero-order chi connectivity index (χ0) is 49.3. The highest BCUT2D eigenvalue weighted by Gasteiger charge is 2.19. The van der Waals surface area contributed by atoms with Crippen LogP contribution >= 0.6 is 0 Å². The highest BCUT2D eigenvalue weighted by atomic mass is 16.6. The fourth-order valence-corrected chi connectivity index (χ4v) is 7.89. The van der Waals surface area contributed by atoms with E-state index in [1.807, 2.05) is 0 Å². The van der Waals surface area contributed by atoms with E-state index in [4.69, 9.17) is 14.2 Å². The molecule has 0 heterocycles. The van der Waals surface area contributed by atoms with E-state index < -0.39 is 6.10 Å². The van der Waals surface area contributed by atoms with Crippen LogP contribution in [0.2, 0.25) is 0 Å². The van der Waals surface area contributed by atoms with E-state index >= 15 is 0 Å². The average molecular weight is 948 g/mol. The van der Waals surface area contributed by atoms with Gasteiger partial charge in [-0.15, -0.1) is 0 Å². The largest absolute Gasteiger partial charge is 0.462 e. The van der Waals surface area contributed by atoms with Gasteiger partial charge in [0.15, 0.2) is 6.10 Å². The molecule has 0 amide bonds. The number of unbranched alkanes of at least 4 members (excludes halogenated alkanes) is 26. The lowest BCUT2D eigenvalue weighted by atomic mass is 10.1. The number of esters is 3. The number of allylic oxidation sites excluding steroid dienone is 14. The highest BCUT2D eigenvalue weighted by Crippen LogP contribution is 2.15. The van der Waals surface area contributed by atoms with E-state index in [0.29, 0.717) is 19.3 Å². The molecular formula is C62H106O6. The summed E-state index contributed by atoms with van der Waals surface area (Å²) in [7, 11) is 0. The first-order chi connectivity index (χ1) is 33.5. The minimum absolute atomic E-state index is 0.0745. The fourth-order valence-electron chi connectivity index (χ4n) is 7.89. The lowest BCUT2D eigenvalue weighted by molar-refractivity contribution is -0.167. The molecule has 0 aliphatic heterocycles.